The molecule has 0 saturated carbocycles. The highest BCUT2D eigenvalue weighted by atomic mass is 15.2. The summed E-state index contributed by atoms with van der Waals surface area (Å²) in [7, 11) is 0. The molecule has 0 aliphatic carbocycles. The van der Waals surface area contributed by atoms with Crippen LogP contribution in [0.1, 0.15) is 67.2 Å². The third-order valence-corrected chi connectivity index (χ3v) is 3.39. The Balaban J connectivity index is 0.000000303. The minimum Gasteiger partial charge on any atom is -0.303 e. The maximum absolute atomic E-state index is 2.54. The molecule has 0 aromatic rings. The fourth-order valence-electron chi connectivity index (χ4n) is 2.53. The molecule has 0 aromatic carbocycles. The maximum Gasteiger partial charge on any atom is 0.00301 e. The van der Waals surface area contributed by atoms with Gasteiger partial charge in [-0.3, -0.25) is 0 Å². The quantitative estimate of drug-likeness (QED) is 0.756. The Kier molecular flexibility index (Phi) is 10.6. The molecule has 2 fully saturated rings. The standard InChI is InChI=1S/C8H17N.C7H15N.C2H6/c1-8(2,3)7-9-5-4-6-9;1-2-5-8-6-3-4-7-8;1-2/h4-7H2,1-3H3;2-7H2,1H3;1-2H3. The van der Waals surface area contributed by atoms with Crippen LogP contribution in [0.5, 0.6) is 0 Å². The fraction of sp³-hybridized carbons (Fsp3) is 1.00. The minimum absolute atomic E-state index is 0.500. The highest BCUT2D eigenvalue weighted by Gasteiger charge is 2.20. The van der Waals surface area contributed by atoms with Gasteiger partial charge in [0.15, 0.2) is 0 Å². The van der Waals surface area contributed by atoms with Crippen LogP contribution in [0.25, 0.3) is 0 Å². The first-order chi connectivity index (χ1) is 9.01. The van der Waals surface area contributed by atoms with Gasteiger partial charge in [0.1, 0.15) is 0 Å². The molecule has 2 heterocycles. The molecule has 0 radical (unpaired) electrons. The normalized spacial score (nSPS) is 19.9. The average molecular weight is 271 g/mol. The van der Waals surface area contributed by atoms with Crippen LogP contribution >= 0.6 is 0 Å². The van der Waals surface area contributed by atoms with Gasteiger partial charge in [-0.25, -0.2) is 0 Å². The smallest absolute Gasteiger partial charge is 0.00301 e. The summed E-state index contributed by atoms with van der Waals surface area (Å²) < 4.78 is 0. The van der Waals surface area contributed by atoms with Gasteiger partial charge >= 0.3 is 0 Å². The molecule has 2 saturated heterocycles. The lowest BCUT2D eigenvalue weighted by molar-refractivity contribution is 0.125. The summed E-state index contributed by atoms with van der Waals surface area (Å²) in [5.74, 6) is 0. The number of hydrogen-bond acceptors (Lipinski definition) is 2. The molecule has 2 nitrogen and oxygen atoms in total. The maximum atomic E-state index is 2.54. The predicted molar refractivity (Wildman–Crippen MR) is 87.8 cm³/mol. The van der Waals surface area contributed by atoms with Crippen LogP contribution in [0, 0.1) is 5.41 Å². The van der Waals surface area contributed by atoms with E-state index in [2.05, 4.69) is 37.5 Å². The fourth-order valence-corrected chi connectivity index (χ4v) is 2.53. The molecular formula is C17H38N2. The second kappa shape index (κ2) is 10.7. The van der Waals surface area contributed by atoms with Crippen LogP contribution in [0.15, 0.2) is 0 Å². The van der Waals surface area contributed by atoms with Crippen molar-refractivity contribution >= 4 is 0 Å². The van der Waals surface area contributed by atoms with Gasteiger partial charge in [-0.15, -0.1) is 0 Å². The number of likely N-dealkylation sites (tertiary alicyclic amines) is 2. The monoisotopic (exact) mass is 270 g/mol. The lowest BCUT2D eigenvalue weighted by Gasteiger charge is -2.36. The van der Waals surface area contributed by atoms with Gasteiger partial charge in [0.05, 0.1) is 0 Å². The van der Waals surface area contributed by atoms with Crippen molar-refractivity contribution in [2.75, 3.05) is 39.3 Å². The van der Waals surface area contributed by atoms with Crippen LogP contribution < -0.4 is 0 Å². The van der Waals surface area contributed by atoms with E-state index in [4.69, 9.17) is 0 Å². The lowest BCUT2D eigenvalue weighted by Crippen LogP contribution is -2.42. The number of rotatable bonds is 3. The summed E-state index contributed by atoms with van der Waals surface area (Å²) in [6.07, 6.45) is 5.59. The highest BCUT2D eigenvalue weighted by Crippen LogP contribution is 2.18. The SMILES string of the molecule is CC.CC(C)(C)CN1CCC1.CCCN1CCCC1. The van der Waals surface area contributed by atoms with E-state index in [0.717, 1.165) is 0 Å². The van der Waals surface area contributed by atoms with Crippen molar-refractivity contribution in [3.8, 4) is 0 Å². The molecular weight excluding hydrogens is 232 g/mol. The number of nitrogens with zero attached hydrogens (tertiary/aromatic N) is 2. The molecule has 0 bridgehead atoms. The van der Waals surface area contributed by atoms with Crippen molar-refractivity contribution in [2.24, 2.45) is 5.41 Å². The first-order valence-electron chi connectivity index (χ1n) is 8.46. The van der Waals surface area contributed by atoms with E-state index >= 15 is 0 Å². The van der Waals surface area contributed by atoms with E-state index in [1.807, 2.05) is 13.8 Å². The van der Waals surface area contributed by atoms with Crippen LogP contribution in [0.3, 0.4) is 0 Å². The summed E-state index contributed by atoms with van der Waals surface area (Å²) in [5, 5.41) is 0. The van der Waals surface area contributed by atoms with Crippen molar-refractivity contribution in [3.63, 3.8) is 0 Å². The van der Waals surface area contributed by atoms with Crippen molar-refractivity contribution in [1.29, 1.82) is 0 Å². The van der Waals surface area contributed by atoms with E-state index in [0.29, 0.717) is 5.41 Å². The van der Waals surface area contributed by atoms with Gasteiger partial charge < -0.3 is 9.80 Å². The lowest BCUT2D eigenvalue weighted by atomic mass is 9.95. The zero-order valence-electron chi connectivity index (χ0n) is 14.5. The van der Waals surface area contributed by atoms with Gasteiger partial charge in [0.25, 0.3) is 0 Å². The van der Waals surface area contributed by atoms with Crippen LogP contribution in [-0.4, -0.2) is 49.1 Å². The summed E-state index contributed by atoms with van der Waals surface area (Å²) in [5.41, 5.74) is 0.500. The summed E-state index contributed by atoms with van der Waals surface area (Å²) in [6.45, 7) is 21.1. The van der Waals surface area contributed by atoms with Crippen molar-refractivity contribution in [2.45, 2.75) is 67.2 Å². The highest BCUT2D eigenvalue weighted by molar-refractivity contribution is 4.74. The molecule has 0 aromatic heterocycles. The van der Waals surface area contributed by atoms with E-state index in [-0.39, 0.29) is 0 Å². The molecule has 2 aliphatic rings. The topological polar surface area (TPSA) is 6.48 Å². The Hall–Kier alpha value is -0.0800. The van der Waals surface area contributed by atoms with E-state index in [1.54, 1.807) is 0 Å². The van der Waals surface area contributed by atoms with Gasteiger partial charge in [-0.2, -0.15) is 0 Å². The van der Waals surface area contributed by atoms with Crippen molar-refractivity contribution < 1.29 is 0 Å². The largest absolute Gasteiger partial charge is 0.303 e. The molecule has 0 amide bonds. The zero-order chi connectivity index (χ0) is 14.7. The van der Waals surface area contributed by atoms with Crippen LogP contribution in [0.4, 0.5) is 0 Å². The molecule has 0 atom stereocenters. The second-order valence-corrected chi connectivity index (χ2v) is 6.74. The third kappa shape index (κ3) is 10.4. The summed E-state index contributed by atoms with van der Waals surface area (Å²) in [6, 6.07) is 0. The Morgan fingerprint density at radius 2 is 1.26 bits per heavy atom. The van der Waals surface area contributed by atoms with Crippen molar-refractivity contribution in [3.05, 3.63) is 0 Å². The van der Waals surface area contributed by atoms with Gasteiger partial charge in [0, 0.05) is 6.54 Å². The third-order valence-electron chi connectivity index (χ3n) is 3.39. The summed E-state index contributed by atoms with van der Waals surface area (Å²) >= 11 is 0. The molecule has 116 valence electrons. The van der Waals surface area contributed by atoms with Crippen LogP contribution in [-0.2, 0) is 0 Å². The summed E-state index contributed by atoms with van der Waals surface area (Å²) in [4.78, 5) is 5.06. The van der Waals surface area contributed by atoms with Crippen molar-refractivity contribution in [1.82, 2.24) is 9.80 Å². The Labute approximate surface area is 122 Å². The van der Waals surface area contributed by atoms with E-state index in [1.165, 1.54) is 65.0 Å². The Morgan fingerprint density at radius 3 is 1.53 bits per heavy atom. The minimum atomic E-state index is 0.500. The first kappa shape index (κ1) is 18.9. The van der Waals surface area contributed by atoms with Gasteiger partial charge in [-0.1, -0.05) is 41.5 Å². The van der Waals surface area contributed by atoms with Gasteiger partial charge in [0.2, 0.25) is 0 Å². The van der Waals surface area contributed by atoms with E-state index < -0.39 is 0 Å². The average Bonchev–Trinajstić information content (AvgIpc) is 2.80. The molecule has 2 heteroatoms. The first-order valence-corrected chi connectivity index (χ1v) is 8.46. The van der Waals surface area contributed by atoms with Crippen LogP contribution in [0.2, 0.25) is 0 Å². The molecule has 2 aliphatic heterocycles. The molecule has 19 heavy (non-hydrogen) atoms. The number of hydrogen-bond donors (Lipinski definition) is 0. The zero-order valence-corrected chi connectivity index (χ0v) is 14.5. The molecule has 0 spiro atoms. The second-order valence-electron chi connectivity index (χ2n) is 6.74. The molecule has 2 rings (SSSR count). The Morgan fingerprint density at radius 1 is 0.789 bits per heavy atom. The predicted octanol–water partition coefficient (Wildman–Crippen LogP) is 4.26. The molecule has 0 N–H and O–H groups in total. The van der Waals surface area contributed by atoms with E-state index in [9.17, 15) is 0 Å². The molecule has 0 unspecified atom stereocenters. The van der Waals surface area contributed by atoms with Gasteiger partial charge in [-0.05, 0) is 63.8 Å². The Bertz CT molecular complexity index is 186.